The van der Waals surface area contributed by atoms with Gasteiger partial charge < -0.3 is 20.0 Å². The van der Waals surface area contributed by atoms with E-state index in [4.69, 9.17) is 16.6 Å². The Morgan fingerprint density at radius 3 is 2.67 bits per heavy atom. The molecule has 2 aromatic heterocycles. The molecule has 6 nitrogen and oxygen atoms in total. The minimum absolute atomic E-state index is 0.124. The third kappa shape index (κ3) is 5.17. The molecule has 1 amide bonds. The Morgan fingerprint density at radius 1 is 1.11 bits per heavy atom. The largest absolute Gasteiger partial charge is 0.459 e. The maximum atomic E-state index is 14.6. The van der Waals surface area contributed by atoms with Gasteiger partial charge in [0.15, 0.2) is 5.11 Å². The molecule has 0 radical (unpaired) electrons. The van der Waals surface area contributed by atoms with Gasteiger partial charge in [0.2, 0.25) is 5.91 Å². The van der Waals surface area contributed by atoms with E-state index in [1.165, 1.54) is 6.07 Å². The van der Waals surface area contributed by atoms with E-state index in [1.54, 1.807) is 24.4 Å². The normalized spacial score (nSPS) is 17.2. The first-order valence-corrected chi connectivity index (χ1v) is 12.6. The number of hydrogen-bond acceptors (Lipinski definition) is 4. The molecule has 0 aliphatic carbocycles. The zero-order valence-corrected chi connectivity index (χ0v) is 21.4. The van der Waals surface area contributed by atoms with Gasteiger partial charge >= 0.3 is 0 Å². The van der Waals surface area contributed by atoms with Crippen LogP contribution in [-0.2, 0) is 4.79 Å². The molecule has 2 atom stereocenters. The number of amides is 1. The lowest BCUT2D eigenvalue weighted by molar-refractivity contribution is -0.116. The van der Waals surface area contributed by atoms with E-state index in [1.807, 2.05) is 59.5 Å². The lowest BCUT2D eigenvalue weighted by Gasteiger charge is -2.25. The first-order valence-electron chi connectivity index (χ1n) is 11.4. The molecule has 182 valence electrons. The standard InChI is InChI=1S/C27H22BrFN4O2S/c28-17-9-10-19(20(29)16-17)22-11-12-23(35-22)26-25(21-8-4-5-14-30-21)32-27(36)33(26)15-13-24(34)31-18-6-2-1-3-7-18/h1-12,14,16,25-26H,13,15H2,(H,31,34)(H,32,36)/t25-,26-/m0/s1. The highest BCUT2D eigenvalue weighted by atomic mass is 79.9. The molecule has 0 bridgehead atoms. The molecule has 0 saturated carbocycles. The van der Waals surface area contributed by atoms with Crippen LogP contribution >= 0.6 is 28.1 Å². The maximum absolute atomic E-state index is 14.6. The number of pyridine rings is 1. The second-order valence-electron chi connectivity index (χ2n) is 8.31. The lowest BCUT2D eigenvalue weighted by atomic mass is 10.0. The predicted molar refractivity (Wildman–Crippen MR) is 144 cm³/mol. The molecule has 5 rings (SSSR count). The highest BCUT2D eigenvalue weighted by Crippen LogP contribution is 2.40. The van der Waals surface area contributed by atoms with Gasteiger partial charge in [-0.2, -0.15) is 0 Å². The smallest absolute Gasteiger partial charge is 0.226 e. The summed E-state index contributed by atoms with van der Waals surface area (Å²) < 4.78 is 21.4. The number of benzene rings is 2. The number of hydrogen-bond donors (Lipinski definition) is 2. The second kappa shape index (κ2) is 10.6. The van der Waals surface area contributed by atoms with Crippen molar-refractivity contribution in [3.63, 3.8) is 0 Å². The Hall–Kier alpha value is -3.56. The van der Waals surface area contributed by atoms with Gasteiger partial charge in [-0.3, -0.25) is 9.78 Å². The first-order chi connectivity index (χ1) is 17.5. The van der Waals surface area contributed by atoms with Crippen LogP contribution in [0.15, 0.2) is 93.9 Å². The highest BCUT2D eigenvalue weighted by molar-refractivity contribution is 9.10. The number of halogens is 2. The second-order valence-corrected chi connectivity index (χ2v) is 9.61. The SMILES string of the molecule is O=C(CCN1C(=S)N[C@@H](c2ccccn2)[C@@H]1c1ccc(-c2ccc(Br)cc2F)o1)Nc1ccccc1. The summed E-state index contributed by atoms with van der Waals surface area (Å²) in [5.41, 5.74) is 1.88. The van der Waals surface area contributed by atoms with Gasteiger partial charge in [0.1, 0.15) is 23.4 Å². The number of rotatable bonds is 7. The van der Waals surface area contributed by atoms with Crippen LogP contribution in [-0.4, -0.2) is 27.4 Å². The van der Waals surface area contributed by atoms with Gasteiger partial charge in [0.25, 0.3) is 0 Å². The van der Waals surface area contributed by atoms with E-state index in [9.17, 15) is 9.18 Å². The van der Waals surface area contributed by atoms with Crippen molar-refractivity contribution in [1.29, 1.82) is 0 Å². The zero-order chi connectivity index (χ0) is 25.1. The Bertz CT molecular complexity index is 1380. The Labute approximate surface area is 221 Å². The van der Waals surface area contributed by atoms with E-state index < -0.39 is 0 Å². The van der Waals surface area contributed by atoms with Crippen molar-refractivity contribution in [2.75, 3.05) is 11.9 Å². The molecule has 0 unspecified atom stereocenters. The third-order valence-electron chi connectivity index (χ3n) is 5.95. The van der Waals surface area contributed by atoms with Crippen LogP contribution < -0.4 is 10.6 Å². The molecular formula is C27H22BrFN4O2S. The molecule has 1 aliphatic rings. The van der Waals surface area contributed by atoms with Gasteiger partial charge in [-0.15, -0.1) is 0 Å². The van der Waals surface area contributed by atoms with Crippen LogP contribution in [0.25, 0.3) is 11.3 Å². The van der Waals surface area contributed by atoms with Crippen LogP contribution in [0.3, 0.4) is 0 Å². The number of aromatic nitrogens is 1. The minimum Gasteiger partial charge on any atom is -0.459 e. The fourth-order valence-electron chi connectivity index (χ4n) is 4.27. The molecule has 9 heteroatoms. The molecule has 1 saturated heterocycles. The number of furan rings is 1. The average Bonchev–Trinajstić information content (AvgIpc) is 3.48. The number of nitrogens with zero attached hydrogens (tertiary/aromatic N) is 2. The number of carbonyl (C=O) groups excluding carboxylic acids is 1. The van der Waals surface area contributed by atoms with Gasteiger partial charge in [-0.25, -0.2) is 4.39 Å². The van der Waals surface area contributed by atoms with Crippen molar-refractivity contribution in [2.45, 2.75) is 18.5 Å². The zero-order valence-electron chi connectivity index (χ0n) is 19.0. The van der Waals surface area contributed by atoms with Crippen molar-refractivity contribution >= 4 is 44.9 Å². The summed E-state index contributed by atoms with van der Waals surface area (Å²) in [6.07, 6.45) is 1.94. The van der Waals surface area contributed by atoms with Crippen molar-refractivity contribution in [3.8, 4) is 11.3 Å². The molecular weight excluding hydrogens is 543 g/mol. The molecule has 3 heterocycles. The molecule has 4 aromatic rings. The van der Waals surface area contributed by atoms with E-state index >= 15 is 0 Å². The third-order valence-corrected chi connectivity index (χ3v) is 6.80. The molecule has 2 aromatic carbocycles. The Kier molecular flexibility index (Phi) is 7.11. The number of anilines is 1. The fraction of sp³-hybridized carbons (Fsp3) is 0.148. The van der Waals surface area contributed by atoms with E-state index in [0.29, 0.717) is 33.2 Å². The lowest BCUT2D eigenvalue weighted by Crippen LogP contribution is -2.32. The van der Waals surface area contributed by atoms with E-state index in [0.717, 1.165) is 11.4 Å². The maximum Gasteiger partial charge on any atom is 0.226 e. The average molecular weight is 565 g/mol. The summed E-state index contributed by atoms with van der Waals surface area (Å²) in [6.45, 7) is 0.362. The van der Waals surface area contributed by atoms with Gasteiger partial charge in [0, 0.05) is 29.3 Å². The number of carbonyl (C=O) groups is 1. The van der Waals surface area contributed by atoms with Crippen molar-refractivity contribution in [2.24, 2.45) is 0 Å². The van der Waals surface area contributed by atoms with Gasteiger partial charge in [-0.1, -0.05) is 40.2 Å². The minimum atomic E-state index is -0.388. The van der Waals surface area contributed by atoms with E-state index in [-0.39, 0.29) is 30.2 Å². The molecule has 1 aliphatic heterocycles. The number of thiocarbonyl (C=S) groups is 1. The molecule has 2 N–H and O–H groups in total. The topological polar surface area (TPSA) is 70.4 Å². The monoisotopic (exact) mass is 564 g/mol. The van der Waals surface area contributed by atoms with E-state index in [2.05, 4.69) is 31.5 Å². The summed E-state index contributed by atoms with van der Waals surface area (Å²) in [6, 6.07) is 22.7. The summed E-state index contributed by atoms with van der Waals surface area (Å²) in [4.78, 5) is 19.1. The quantitative estimate of drug-likeness (QED) is 0.259. The van der Waals surface area contributed by atoms with Crippen molar-refractivity contribution < 1.29 is 13.6 Å². The van der Waals surface area contributed by atoms with Crippen LogP contribution in [0.5, 0.6) is 0 Å². The number of nitrogens with one attached hydrogen (secondary N) is 2. The fourth-order valence-corrected chi connectivity index (χ4v) is 4.93. The van der Waals surface area contributed by atoms with Crippen molar-refractivity contribution in [1.82, 2.24) is 15.2 Å². The van der Waals surface area contributed by atoms with Crippen LogP contribution in [0.4, 0.5) is 10.1 Å². The highest BCUT2D eigenvalue weighted by Gasteiger charge is 2.41. The van der Waals surface area contributed by atoms with Gasteiger partial charge in [0.05, 0.1) is 17.3 Å². The number of para-hydroxylation sites is 1. The van der Waals surface area contributed by atoms with Crippen LogP contribution in [0.1, 0.15) is 30.0 Å². The molecule has 36 heavy (non-hydrogen) atoms. The van der Waals surface area contributed by atoms with Crippen molar-refractivity contribution in [3.05, 3.63) is 107 Å². The summed E-state index contributed by atoms with van der Waals surface area (Å²) in [7, 11) is 0. The Morgan fingerprint density at radius 2 is 1.92 bits per heavy atom. The first kappa shape index (κ1) is 24.1. The van der Waals surface area contributed by atoms with Crippen LogP contribution in [0.2, 0.25) is 0 Å². The molecule has 1 fully saturated rings. The molecule has 0 spiro atoms. The Balaban J connectivity index is 1.42. The van der Waals surface area contributed by atoms with Gasteiger partial charge in [-0.05, 0) is 66.8 Å². The predicted octanol–water partition coefficient (Wildman–Crippen LogP) is 6.24. The summed E-state index contributed by atoms with van der Waals surface area (Å²) in [5.74, 6) is 0.496. The summed E-state index contributed by atoms with van der Waals surface area (Å²) >= 11 is 8.95. The summed E-state index contributed by atoms with van der Waals surface area (Å²) in [5, 5.41) is 6.73. The van der Waals surface area contributed by atoms with Crippen LogP contribution in [0, 0.1) is 5.82 Å².